The fourth-order valence-corrected chi connectivity index (χ4v) is 1.96. The minimum Gasteiger partial charge on any atom is -0.357 e. The molecule has 2 unspecified atom stereocenters. The molecule has 1 heterocycles. The van der Waals surface area contributed by atoms with E-state index < -0.39 is 0 Å². The second-order valence-electron chi connectivity index (χ2n) is 4.05. The summed E-state index contributed by atoms with van der Waals surface area (Å²) < 4.78 is 0. The van der Waals surface area contributed by atoms with E-state index in [1.807, 2.05) is 11.9 Å². The van der Waals surface area contributed by atoms with E-state index in [1.165, 1.54) is 6.42 Å². The van der Waals surface area contributed by atoms with Crippen molar-refractivity contribution < 1.29 is 0 Å². The summed E-state index contributed by atoms with van der Waals surface area (Å²) in [4.78, 5) is 6.05. The molecule has 82 valence electrons. The number of anilines is 1. The van der Waals surface area contributed by atoms with Gasteiger partial charge in [0.1, 0.15) is 0 Å². The molecule has 0 aromatic carbocycles. The summed E-state index contributed by atoms with van der Waals surface area (Å²) in [5.41, 5.74) is 0. The molecule has 0 N–H and O–H groups in total. The molecule has 0 bridgehead atoms. The predicted octanol–water partition coefficient (Wildman–Crippen LogP) is 2.27. The number of hydrogen-bond donors (Lipinski definition) is 0. The SMILES string of the molecule is CC1CC1CN(C)c1nc(Cl)nnc1Cl. The van der Waals surface area contributed by atoms with E-state index in [1.54, 1.807) is 0 Å². The average molecular weight is 247 g/mol. The standard InChI is InChI=1S/C9H12Cl2N4/c1-5-3-6(5)4-15(2)8-7(10)13-14-9(11)12-8/h5-6H,3-4H2,1-2H3. The maximum atomic E-state index is 5.89. The highest BCUT2D eigenvalue weighted by molar-refractivity contribution is 6.32. The molecule has 1 aliphatic carbocycles. The zero-order chi connectivity index (χ0) is 11.0. The molecule has 0 saturated heterocycles. The van der Waals surface area contributed by atoms with E-state index in [0.29, 0.717) is 11.0 Å². The van der Waals surface area contributed by atoms with Gasteiger partial charge < -0.3 is 4.90 Å². The van der Waals surface area contributed by atoms with Crippen molar-refractivity contribution in [3.05, 3.63) is 10.4 Å². The molecular weight excluding hydrogens is 235 g/mol. The third-order valence-corrected chi connectivity index (χ3v) is 3.15. The van der Waals surface area contributed by atoms with Crippen molar-refractivity contribution in [2.24, 2.45) is 11.8 Å². The summed E-state index contributed by atoms with van der Waals surface area (Å²) in [5.74, 6) is 2.15. The maximum Gasteiger partial charge on any atom is 0.245 e. The number of hydrogen-bond acceptors (Lipinski definition) is 4. The molecule has 15 heavy (non-hydrogen) atoms. The molecular formula is C9H12Cl2N4. The summed E-state index contributed by atoms with van der Waals surface area (Å²) in [7, 11) is 1.94. The Morgan fingerprint density at radius 2 is 2.07 bits per heavy atom. The zero-order valence-electron chi connectivity index (χ0n) is 8.61. The van der Waals surface area contributed by atoms with Gasteiger partial charge in [0.25, 0.3) is 0 Å². The molecule has 0 radical (unpaired) electrons. The van der Waals surface area contributed by atoms with Crippen molar-refractivity contribution in [2.45, 2.75) is 13.3 Å². The topological polar surface area (TPSA) is 41.9 Å². The van der Waals surface area contributed by atoms with Gasteiger partial charge in [0, 0.05) is 13.6 Å². The van der Waals surface area contributed by atoms with Crippen LogP contribution in [0.25, 0.3) is 0 Å². The second kappa shape index (κ2) is 4.10. The normalized spacial score (nSPS) is 24.0. The lowest BCUT2D eigenvalue weighted by Gasteiger charge is -2.18. The van der Waals surface area contributed by atoms with Gasteiger partial charge in [-0.1, -0.05) is 18.5 Å². The van der Waals surface area contributed by atoms with Gasteiger partial charge in [0.15, 0.2) is 11.0 Å². The largest absolute Gasteiger partial charge is 0.357 e. The van der Waals surface area contributed by atoms with Gasteiger partial charge in [-0.3, -0.25) is 0 Å². The van der Waals surface area contributed by atoms with E-state index in [9.17, 15) is 0 Å². The first-order valence-corrected chi connectivity index (χ1v) is 5.60. The first-order chi connectivity index (χ1) is 7.08. The van der Waals surface area contributed by atoms with Gasteiger partial charge in [-0.2, -0.15) is 4.98 Å². The molecule has 0 amide bonds. The number of nitrogens with zero attached hydrogens (tertiary/aromatic N) is 4. The van der Waals surface area contributed by atoms with E-state index >= 15 is 0 Å². The molecule has 0 aliphatic heterocycles. The summed E-state index contributed by atoms with van der Waals surface area (Å²) >= 11 is 11.6. The van der Waals surface area contributed by atoms with Gasteiger partial charge in [-0.05, 0) is 29.9 Å². The molecule has 1 saturated carbocycles. The first kappa shape index (κ1) is 10.9. The lowest BCUT2D eigenvalue weighted by molar-refractivity contribution is 0.715. The van der Waals surface area contributed by atoms with Gasteiger partial charge in [-0.15, -0.1) is 10.2 Å². The van der Waals surface area contributed by atoms with Crippen LogP contribution < -0.4 is 4.90 Å². The quantitative estimate of drug-likeness (QED) is 0.821. The van der Waals surface area contributed by atoms with E-state index in [4.69, 9.17) is 23.2 Å². The van der Waals surface area contributed by atoms with E-state index in [0.717, 1.165) is 18.4 Å². The highest BCUT2D eigenvalue weighted by atomic mass is 35.5. The van der Waals surface area contributed by atoms with Gasteiger partial charge in [0.2, 0.25) is 5.28 Å². The van der Waals surface area contributed by atoms with Crippen molar-refractivity contribution in [2.75, 3.05) is 18.5 Å². The monoisotopic (exact) mass is 246 g/mol. The van der Waals surface area contributed by atoms with Gasteiger partial charge in [0.05, 0.1) is 0 Å². The molecule has 1 aliphatic rings. The Morgan fingerprint density at radius 1 is 1.40 bits per heavy atom. The smallest absolute Gasteiger partial charge is 0.245 e. The van der Waals surface area contributed by atoms with Crippen molar-refractivity contribution in [1.29, 1.82) is 0 Å². The highest BCUT2D eigenvalue weighted by Crippen LogP contribution is 2.38. The van der Waals surface area contributed by atoms with Gasteiger partial charge >= 0.3 is 0 Å². The number of aromatic nitrogens is 3. The fraction of sp³-hybridized carbons (Fsp3) is 0.667. The minimum absolute atomic E-state index is 0.130. The summed E-state index contributed by atoms with van der Waals surface area (Å²) in [6.45, 7) is 3.18. The Morgan fingerprint density at radius 3 is 2.67 bits per heavy atom. The minimum atomic E-state index is 0.130. The first-order valence-electron chi connectivity index (χ1n) is 4.84. The zero-order valence-corrected chi connectivity index (χ0v) is 10.1. The Balaban J connectivity index is 2.10. The van der Waals surface area contributed by atoms with Crippen LogP contribution in [-0.4, -0.2) is 28.8 Å². The van der Waals surface area contributed by atoms with Crippen molar-refractivity contribution in [3.8, 4) is 0 Å². The fourth-order valence-electron chi connectivity index (χ4n) is 1.62. The van der Waals surface area contributed by atoms with Crippen LogP contribution in [-0.2, 0) is 0 Å². The molecule has 4 nitrogen and oxygen atoms in total. The van der Waals surface area contributed by atoms with Crippen molar-refractivity contribution in [3.63, 3.8) is 0 Å². The van der Waals surface area contributed by atoms with Crippen LogP contribution in [0.2, 0.25) is 10.4 Å². The third-order valence-electron chi connectivity index (χ3n) is 2.75. The van der Waals surface area contributed by atoms with Crippen molar-refractivity contribution >= 4 is 29.0 Å². The van der Waals surface area contributed by atoms with Crippen LogP contribution in [0.4, 0.5) is 5.82 Å². The maximum absolute atomic E-state index is 5.89. The number of halogens is 2. The average Bonchev–Trinajstić information content (AvgIpc) is 2.86. The molecule has 1 aromatic rings. The van der Waals surface area contributed by atoms with Crippen LogP contribution in [0.3, 0.4) is 0 Å². The Bertz CT molecular complexity index is 371. The summed E-state index contributed by atoms with van der Waals surface area (Å²) in [6, 6.07) is 0. The van der Waals surface area contributed by atoms with Gasteiger partial charge in [-0.25, -0.2) is 0 Å². The number of rotatable bonds is 3. The molecule has 1 aromatic heterocycles. The van der Waals surface area contributed by atoms with Crippen molar-refractivity contribution in [1.82, 2.24) is 15.2 Å². The Kier molecular flexibility index (Phi) is 2.98. The highest BCUT2D eigenvalue weighted by Gasteiger charge is 2.33. The summed E-state index contributed by atoms with van der Waals surface area (Å²) in [5, 5.41) is 7.73. The molecule has 2 rings (SSSR count). The molecule has 2 atom stereocenters. The third kappa shape index (κ3) is 2.49. The molecule has 0 spiro atoms. The summed E-state index contributed by atoms with van der Waals surface area (Å²) in [6.07, 6.45) is 1.27. The molecule has 1 fully saturated rings. The van der Waals surface area contributed by atoms with Crippen LogP contribution in [0.15, 0.2) is 0 Å². The van der Waals surface area contributed by atoms with Crippen LogP contribution in [0.5, 0.6) is 0 Å². The Labute approximate surface area is 98.6 Å². The predicted molar refractivity (Wildman–Crippen MR) is 60.4 cm³/mol. The lowest BCUT2D eigenvalue weighted by atomic mass is 10.3. The van der Waals surface area contributed by atoms with Crippen LogP contribution >= 0.6 is 23.2 Å². The second-order valence-corrected chi connectivity index (χ2v) is 4.74. The molecule has 6 heteroatoms. The Hall–Kier alpha value is -0.610. The van der Waals surface area contributed by atoms with E-state index in [-0.39, 0.29) is 5.28 Å². The van der Waals surface area contributed by atoms with Crippen LogP contribution in [0, 0.1) is 11.8 Å². The van der Waals surface area contributed by atoms with Crippen LogP contribution in [0.1, 0.15) is 13.3 Å². The lowest BCUT2D eigenvalue weighted by Crippen LogP contribution is -2.22. The van der Waals surface area contributed by atoms with E-state index in [2.05, 4.69) is 22.1 Å².